The van der Waals surface area contributed by atoms with Crippen molar-refractivity contribution in [1.29, 1.82) is 0 Å². The maximum absolute atomic E-state index is 13.1. The maximum Gasteiger partial charge on any atom is 0.270 e. The van der Waals surface area contributed by atoms with E-state index in [1.54, 1.807) is 30.3 Å². The summed E-state index contributed by atoms with van der Waals surface area (Å²) < 4.78 is 6.58. The Morgan fingerprint density at radius 3 is 2.43 bits per heavy atom. The zero-order valence-corrected chi connectivity index (χ0v) is 19.6. The van der Waals surface area contributed by atoms with Gasteiger partial charge in [0.1, 0.15) is 11.3 Å². The van der Waals surface area contributed by atoms with Gasteiger partial charge in [0.05, 0.1) is 31.8 Å². The summed E-state index contributed by atoms with van der Waals surface area (Å²) in [6, 6.07) is 8.26. The molecule has 10 heteroatoms. The van der Waals surface area contributed by atoms with Gasteiger partial charge in [-0.05, 0) is 80.0 Å². The van der Waals surface area contributed by atoms with Gasteiger partial charge in [0.2, 0.25) is 0 Å². The summed E-state index contributed by atoms with van der Waals surface area (Å²) in [6.45, 7) is 0. The largest absolute Gasteiger partial charge is 0.494 e. The molecule has 0 saturated carbocycles. The fraction of sp³-hybridized carbons (Fsp3) is 0.0556. The molecular weight excluding hydrogens is 555 g/mol. The van der Waals surface area contributed by atoms with E-state index in [0.717, 1.165) is 4.90 Å². The van der Waals surface area contributed by atoms with E-state index in [-0.39, 0.29) is 26.4 Å². The first kappa shape index (κ1) is 21.3. The summed E-state index contributed by atoms with van der Waals surface area (Å²) in [7, 11) is 1.54. The van der Waals surface area contributed by atoms with E-state index in [0.29, 0.717) is 20.3 Å². The van der Waals surface area contributed by atoms with Crippen LogP contribution in [0.3, 0.4) is 0 Å². The second kappa shape index (κ2) is 8.51. The molecule has 28 heavy (non-hydrogen) atoms. The third-order valence-electron chi connectivity index (χ3n) is 3.81. The molecule has 0 spiro atoms. The predicted octanol–water partition coefficient (Wildman–Crippen LogP) is 5.36. The molecule has 1 saturated heterocycles. The highest BCUT2D eigenvalue weighted by Crippen LogP contribution is 2.36. The van der Waals surface area contributed by atoms with Gasteiger partial charge >= 0.3 is 0 Å². The number of thiocarbonyl (C=S) groups is 1. The van der Waals surface area contributed by atoms with Crippen molar-refractivity contribution in [1.82, 2.24) is 5.32 Å². The van der Waals surface area contributed by atoms with E-state index < -0.39 is 11.8 Å². The summed E-state index contributed by atoms with van der Waals surface area (Å²) in [5.74, 6) is -0.622. The van der Waals surface area contributed by atoms with Crippen LogP contribution in [-0.4, -0.2) is 24.0 Å². The minimum Gasteiger partial charge on any atom is -0.494 e. The summed E-state index contributed by atoms with van der Waals surface area (Å²) in [6.07, 6.45) is 1.46. The molecule has 0 aliphatic carbocycles. The van der Waals surface area contributed by atoms with Gasteiger partial charge in [0.15, 0.2) is 5.11 Å². The SMILES string of the molecule is COc1c(Br)cc(/C=C2\C(=O)NC(=S)N(c3cccc(Cl)c3Cl)C2=O)cc1Br. The molecule has 1 N–H and O–H groups in total. The Balaban J connectivity index is 2.08. The van der Waals surface area contributed by atoms with Crippen LogP contribution in [0.4, 0.5) is 5.69 Å². The molecule has 5 nitrogen and oxygen atoms in total. The molecule has 1 heterocycles. The Morgan fingerprint density at radius 1 is 1.18 bits per heavy atom. The van der Waals surface area contributed by atoms with E-state index in [2.05, 4.69) is 37.2 Å². The van der Waals surface area contributed by atoms with Gasteiger partial charge in [-0.1, -0.05) is 29.3 Å². The van der Waals surface area contributed by atoms with Crippen LogP contribution in [0.15, 0.2) is 44.9 Å². The topological polar surface area (TPSA) is 58.6 Å². The Hall–Kier alpha value is -1.45. The van der Waals surface area contributed by atoms with Crippen molar-refractivity contribution in [2.45, 2.75) is 0 Å². The molecule has 1 fully saturated rings. The minimum absolute atomic E-state index is 0.0755. The highest BCUT2D eigenvalue weighted by Gasteiger charge is 2.35. The molecule has 0 radical (unpaired) electrons. The number of carbonyl (C=O) groups excluding carboxylic acids is 2. The molecule has 3 rings (SSSR count). The van der Waals surface area contributed by atoms with Gasteiger partial charge < -0.3 is 4.74 Å². The number of carbonyl (C=O) groups is 2. The van der Waals surface area contributed by atoms with E-state index >= 15 is 0 Å². The van der Waals surface area contributed by atoms with Gasteiger partial charge in [0.25, 0.3) is 11.8 Å². The second-order valence-electron chi connectivity index (χ2n) is 5.55. The number of nitrogens with one attached hydrogen (secondary N) is 1. The lowest BCUT2D eigenvalue weighted by molar-refractivity contribution is -0.122. The van der Waals surface area contributed by atoms with Crippen LogP contribution in [0.1, 0.15) is 5.56 Å². The zero-order valence-electron chi connectivity index (χ0n) is 14.1. The summed E-state index contributed by atoms with van der Waals surface area (Å²) in [5, 5.41) is 2.85. The second-order valence-corrected chi connectivity index (χ2v) is 8.43. The molecule has 1 aliphatic heterocycles. The number of halogens is 4. The zero-order chi connectivity index (χ0) is 20.6. The van der Waals surface area contributed by atoms with Gasteiger partial charge in [-0.25, -0.2) is 0 Å². The Morgan fingerprint density at radius 2 is 1.82 bits per heavy atom. The summed E-state index contributed by atoms with van der Waals surface area (Å²) >= 11 is 24.2. The van der Waals surface area contributed by atoms with Crippen molar-refractivity contribution in [3.8, 4) is 5.75 Å². The number of nitrogens with zero attached hydrogens (tertiary/aromatic N) is 1. The van der Waals surface area contributed by atoms with Gasteiger partial charge in [0, 0.05) is 0 Å². The van der Waals surface area contributed by atoms with Gasteiger partial charge in [-0.2, -0.15) is 0 Å². The Kier molecular flexibility index (Phi) is 6.46. The van der Waals surface area contributed by atoms with Crippen LogP contribution in [0.2, 0.25) is 10.0 Å². The molecule has 0 unspecified atom stereocenters. The lowest BCUT2D eigenvalue weighted by Gasteiger charge is -2.29. The molecule has 0 bridgehead atoms. The van der Waals surface area contributed by atoms with Crippen molar-refractivity contribution < 1.29 is 14.3 Å². The first-order valence-electron chi connectivity index (χ1n) is 7.63. The first-order valence-corrected chi connectivity index (χ1v) is 10.4. The normalized spacial score (nSPS) is 15.8. The molecule has 0 atom stereocenters. The molecule has 144 valence electrons. The van der Waals surface area contributed by atoms with Crippen molar-refractivity contribution in [2.24, 2.45) is 0 Å². The molecule has 0 aromatic heterocycles. The number of methoxy groups -OCH3 is 1. The van der Waals surface area contributed by atoms with Crippen molar-refractivity contribution in [2.75, 3.05) is 12.0 Å². The number of ether oxygens (including phenoxy) is 1. The minimum atomic E-state index is -0.610. The number of hydrogen-bond donors (Lipinski definition) is 1. The molecule has 2 aromatic rings. The number of benzene rings is 2. The molecular formula is C18H10Br2Cl2N2O3S. The van der Waals surface area contributed by atoms with E-state index in [4.69, 9.17) is 40.2 Å². The standard InChI is InChI=1S/C18H10Br2Cl2N2O3S/c1-27-15-10(19)6-8(7-11(15)20)5-9-16(25)23-18(28)24(17(9)26)13-4-2-3-12(21)14(13)22/h2-7H,1H3,(H,23,25,28)/b9-5+. The van der Waals surface area contributed by atoms with Crippen LogP contribution in [0.5, 0.6) is 5.75 Å². The highest BCUT2D eigenvalue weighted by molar-refractivity contribution is 9.11. The van der Waals surface area contributed by atoms with E-state index in [1.165, 1.54) is 13.2 Å². The molecule has 2 amide bonds. The molecule has 2 aromatic carbocycles. The summed E-state index contributed by atoms with van der Waals surface area (Å²) in [5.41, 5.74) is 0.781. The smallest absolute Gasteiger partial charge is 0.270 e. The predicted molar refractivity (Wildman–Crippen MR) is 121 cm³/mol. The lowest BCUT2D eigenvalue weighted by Crippen LogP contribution is -2.54. The first-order chi connectivity index (χ1) is 13.2. The Bertz CT molecular complexity index is 1040. The van der Waals surface area contributed by atoms with Crippen LogP contribution in [0, 0.1) is 0 Å². The van der Waals surface area contributed by atoms with Crippen molar-refractivity contribution in [3.63, 3.8) is 0 Å². The molecule has 1 aliphatic rings. The lowest BCUT2D eigenvalue weighted by atomic mass is 10.1. The maximum atomic E-state index is 13.1. The Labute approximate surface area is 192 Å². The fourth-order valence-corrected chi connectivity index (χ4v) is 4.77. The van der Waals surface area contributed by atoms with Crippen LogP contribution >= 0.6 is 67.3 Å². The third-order valence-corrected chi connectivity index (χ3v) is 6.08. The van der Waals surface area contributed by atoms with Crippen LogP contribution < -0.4 is 15.0 Å². The quantitative estimate of drug-likeness (QED) is 0.310. The van der Waals surface area contributed by atoms with Crippen LogP contribution in [-0.2, 0) is 9.59 Å². The van der Waals surface area contributed by atoms with E-state index in [1.807, 2.05) is 0 Å². The van der Waals surface area contributed by atoms with Crippen LogP contribution in [0.25, 0.3) is 6.08 Å². The monoisotopic (exact) mass is 562 g/mol. The average Bonchev–Trinajstić information content (AvgIpc) is 2.62. The number of rotatable bonds is 3. The number of anilines is 1. The number of amides is 2. The number of hydrogen-bond acceptors (Lipinski definition) is 4. The van der Waals surface area contributed by atoms with Crippen molar-refractivity contribution in [3.05, 3.63) is 60.5 Å². The fourth-order valence-electron chi connectivity index (χ4n) is 2.57. The van der Waals surface area contributed by atoms with E-state index in [9.17, 15) is 9.59 Å². The van der Waals surface area contributed by atoms with Gasteiger partial charge in [-0.3, -0.25) is 19.8 Å². The highest BCUT2D eigenvalue weighted by atomic mass is 79.9. The average molecular weight is 565 g/mol. The van der Waals surface area contributed by atoms with Gasteiger partial charge in [-0.15, -0.1) is 0 Å². The van der Waals surface area contributed by atoms with Crippen molar-refractivity contribution >= 4 is 96.0 Å². The summed E-state index contributed by atoms with van der Waals surface area (Å²) in [4.78, 5) is 26.6. The third kappa shape index (κ3) is 3.97.